The quantitative estimate of drug-likeness (QED) is 0.742. The first kappa shape index (κ1) is 16.7. The van der Waals surface area contributed by atoms with Gasteiger partial charge in [-0.05, 0) is 58.7 Å². The maximum atomic E-state index is 13.2. The van der Waals surface area contributed by atoms with Crippen LogP contribution in [0.5, 0.6) is 0 Å². The first-order valence-electron chi connectivity index (χ1n) is 7.17. The van der Waals surface area contributed by atoms with Crippen LogP contribution in [0.3, 0.4) is 0 Å². The second kappa shape index (κ2) is 7.03. The standard InChI is InChI=1S/C17H21BrFNS/c1-4-20-15(11-14-9-10-16(18)21-14)17(2,3)12-5-7-13(19)8-6-12/h5-10,15,20H,4,11H2,1-3H3. The summed E-state index contributed by atoms with van der Waals surface area (Å²) in [6.45, 7) is 7.48. The first-order chi connectivity index (χ1) is 9.93. The predicted octanol–water partition coefficient (Wildman–Crippen LogP) is 5.15. The van der Waals surface area contributed by atoms with Crippen molar-refractivity contribution in [3.8, 4) is 0 Å². The minimum absolute atomic E-state index is 0.0693. The molecule has 4 heteroatoms. The molecule has 0 spiro atoms. The summed E-state index contributed by atoms with van der Waals surface area (Å²) in [7, 11) is 0. The van der Waals surface area contributed by atoms with Gasteiger partial charge >= 0.3 is 0 Å². The molecule has 1 N–H and O–H groups in total. The molecule has 1 atom stereocenters. The Morgan fingerprint density at radius 1 is 1.19 bits per heavy atom. The van der Waals surface area contributed by atoms with Crippen molar-refractivity contribution in [1.29, 1.82) is 0 Å². The van der Waals surface area contributed by atoms with Gasteiger partial charge in [0.25, 0.3) is 0 Å². The van der Waals surface area contributed by atoms with Crippen molar-refractivity contribution in [2.24, 2.45) is 0 Å². The largest absolute Gasteiger partial charge is 0.313 e. The SMILES string of the molecule is CCNC(Cc1ccc(Br)s1)C(C)(C)c1ccc(F)cc1. The van der Waals surface area contributed by atoms with Gasteiger partial charge in [0.15, 0.2) is 0 Å². The van der Waals surface area contributed by atoms with Crippen LogP contribution in [0.1, 0.15) is 31.2 Å². The van der Waals surface area contributed by atoms with Crippen molar-refractivity contribution in [2.75, 3.05) is 6.54 Å². The van der Waals surface area contributed by atoms with Crippen LogP contribution in [0.4, 0.5) is 4.39 Å². The fourth-order valence-electron chi connectivity index (χ4n) is 2.57. The molecule has 1 unspecified atom stereocenters. The maximum Gasteiger partial charge on any atom is 0.123 e. The Labute approximate surface area is 138 Å². The van der Waals surface area contributed by atoms with Gasteiger partial charge in [-0.1, -0.05) is 32.9 Å². The topological polar surface area (TPSA) is 12.0 Å². The van der Waals surface area contributed by atoms with Crippen molar-refractivity contribution in [1.82, 2.24) is 5.32 Å². The summed E-state index contributed by atoms with van der Waals surface area (Å²) in [4.78, 5) is 1.35. The molecule has 0 bridgehead atoms. The second-order valence-corrected chi connectivity index (χ2v) is 8.30. The van der Waals surface area contributed by atoms with Crippen molar-refractivity contribution < 1.29 is 4.39 Å². The van der Waals surface area contributed by atoms with Crippen molar-refractivity contribution in [3.05, 3.63) is 56.4 Å². The second-order valence-electron chi connectivity index (χ2n) is 5.75. The van der Waals surface area contributed by atoms with Gasteiger partial charge in [0.2, 0.25) is 0 Å². The smallest absolute Gasteiger partial charge is 0.123 e. The summed E-state index contributed by atoms with van der Waals surface area (Å²) >= 11 is 5.29. The highest BCUT2D eigenvalue weighted by Gasteiger charge is 2.31. The molecule has 2 aromatic rings. The van der Waals surface area contributed by atoms with Crippen molar-refractivity contribution in [3.63, 3.8) is 0 Å². The Kier molecular flexibility index (Phi) is 5.58. The molecule has 0 saturated carbocycles. The molecule has 1 nitrogen and oxygen atoms in total. The summed E-state index contributed by atoms with van der Waals surface area (Å²) in [6, 6.07) is 11.4. The Morgan fingerprint density at radius 2 is 1.86 bits per heavy atom. The average molecular weight is 370 g/mol. The van der Waals surface area contributed by atoms with Crippen molar-refractivity contribution >= 4 is 27.3 Å². The molecule has 1 aromatic carbocycles. The van der Waals surface area contributed by atoms with E-state index in [9.17, 15) is 4.39 Å². The minimum Gasteiger partial charge on any atom is -0.313 e. The van der Waals surface area contributed by atoms with Gasteiger partial charge in [0, 0.05) is 16.3 Å². The fourth-order valence-corrected chi connectivity index (χ4v) is 4.10. The molecule has 0 fully saturated rings. The first-order valence-corrected chi connectivity index (χ1v) is 8.78. The number of likely N-dealkylation sites (N-methyl/N-ethyl adjacent to an activating group) is 1. The molecule has 0 aliphatic heterocycles. The maximum absolute atomic E-state index is 13.2. The van der Waals surface area contributed by atoms with E-state index in [-0.39, 0.29) is 11.2 Å². The summed E-state index contributed by atoms with van der Waals surface area (Å²) < 4.78 is 14.3. The molecule has 0 saturated heterocycles. The zero-order valence-corrected chi connectivity index (χ0v) is 15.0. The zero-order chi connectivity index (χ0) is 15.5. The van der Waals surface area contributed by atoms with Crippen LogP contribution >= 0.6 is 27.3 Å². The highest BCUT2D eigenvalue weighted by molar-refractivity contribution is 9.11. The predicted molar refractivity (Wildman–Crippen MR) is 92.6 cm³/mol. The van der Waals surface area contributed by atoms with E-state index in [1.165, 1.54) is 4.88 Å². The Balaban J connectivity index is 2.24. The van der Waals surface area contributed by atoms with Crippen LogP contribution in [-0.2, 0) is 11.8 Å². The van der Waals surface area contributed by atoms with E-state index in [0.717, 1.165) is 22.3 Å². The molecule has 2 rings (SSSR count). The van der Waals surface area contributed by atoms with Gasteiger partial charge in [-0.25, -0.2) is 4.39 Å². The van der Waals surface area contributed by atoms with Crippen molar-refractivity contribution in [2.45, 2.75) is 38.6 Å². The monoisotopic (exact) mass is 369 g/mol. The third-order valence-corrected chi connectivity index (χ3v) is 5.59. The summed E-state index contributed by atoms with van der Waals surface area (Å²) in [5.74, 6) is -0.184. The molecule has 0 radical (unpaired) electrons. The van der Waals surface area contributed by atoms with Crippen LogP contribution in [0.2, 0.25) is 0 Å². The lowest BCUT2D eigenvalue weighted by molar-refractivity contribution is 0.344. The third kappa shape index (κ3) is 4.15. The lowest BCUT2D eigenvalue weighted by atomic mass is 9.76. The van der Waals surface area contributed by atoms with Gasteiger partial charge in [-0.2, -0.15) is 0 Å². The molecule has 0 amide bonds. The van der Waals surface area contributed by atoms with E-state index in [1.807, 2.05) is 12.1 Å². The highest BCUT2D eigenvalue weighted by atomic mass is 79.9. The van der Waals surface area contributed by atoms with E-state index in [2.05, 4.69) is 54.2 Å². The molecular formula is C17H21BrFNS. The number of thiophene rings is 1. The number of rotatable bonds is 6. The van der Waals surface area contributed by atoms with E-state index < -0.39 is 0 Å². The molecular weight excluding hydrogens is 349 g/mol. The number of benzene rings is 1. The summed E-state index contributed by atoms with van der Waals surface area (Å²) in [6.07, 6.45) is 0.967. The number of nitrogens with one attached hydrogen (secondary N) is 1. The Morgan fingerprint density at radius 3 is 2.38 bits per heavy atom. The summed E-state index contributed by atoms with van der Waals surface area (Å²) in [5.41, 5.74) is 1.09. The number of halogens is 2. The third-order valence-electron chi connectivity index (χ3n) is 3.94. The van der Waals surface area contributed by atoms with Gasteiger partial charge in [-0.15, -0.1) is 11.3 Å². The van der Waals surface area contributed by atoms with E-state index in [0.29, 0.717) is 6.04 Å². The van der Waals surface area contributed by atoms with E-state index >= 15 is 0 Å². The molecule has 1 aromatic heterocycles. The van der Waals surface area contributed by atoms with E-state index in [1.54, 1.807) is 23.5 Å². The van der Waals surface area contributed by atoms with Crippen LogP contribution in [-0.4, -0.2) is 12.6 Å². The molecule has 1 heterocycles. The van der Waals surface area contributed by atoms with Gasteiger partial charge < -0.3 is 5.32 Å². The lowest BCUT2D eigenvalue weighted by Gasteiger charge is -2.35. The summed E-state index contributed by atoms with van der Waals surface area (Å²) in [5, 5.41) is 3.59. The van der Waals surface area contributed by atoms with Crippen LogP contribution in [0, 0.1) is 5.82 Å². The normalized spacial score (nSPS) is 13.4. The number of hydrogen-bond acceptors (Lipinski definition) is 2. The lowest BCUT2D eigenvalue weighted by Crippen LogP contribution is -2.46. The van der Waals surface area contributed by atoms with Crippen LogP contribution < -0.4 is 5.32 Å². The van der Waals surface area contributed by atoms with Gasteiger partial charge in [-0.3, -0.25) is 0 Å². The van der Waals surface area contributed by atoms with Crippen LogP contribution in [0.15, 0.2) is 40.2 Å². The molecule has 0 aliphatic rings. The Bertz CT molecular complexity index is 577. The highest BCUT2D eigenvalue weighted by Crippen LogP contribution is 2.31. The van der Waals surface area contributed by atoms with Gasteiger partial charge in [0.1, 0.15) is 5.82 Å². The average Bonchev–Trinajstić information content (AvgIpc) is 2.84. The molecule has 0 aliphatic carbocycles. The zero-order valence-electron chi connectivity index (χ0n) is 12.6. The number of hydrogen-bond donors (Lipinski definition) is 1. The van der Waals surface area contributed by atoms with E-state index in [4.69, 9.17) is 0 Å². The molecule has 114 valence electrons. The van der Waals surface area contributed by atoms with Crippen LogP contribution in [0.25, 0.3) is 0 Å². The minimum atomic E-state index is -0.184. The van der Waals surface area contributed by atoms with Gasteiger partial charge in [0.05, 0.1) is 3.79 Å². The fraction of sp³-hybridized carbons (Fsp3) is 0.412. The molecule has 21 heavy (non-hydrogen) atoms. The Hall–Kier alpha value is -0.710.